The molecule has 1 amide bonds. The third-order valence-electron chi connectivity index (χ3n) is 3.35. The largest absolute Gasteiger partial charge is 0.338 e. The van der Waals surface area contributed by atoms with Crippen molar-refractivity contribution in [1.82, 2.24) is 4.90 Å². The van der Waals surface area contributed by atoms with E-state index in [2.05, 4.69) is 6.58 Å². The Balaban J connectivity index is 2.91. The highest BCUT2D eigenvalue weighted by Crippen LogP contribution is 2.47. The molecule has 0 bridgehead atoms. The van der Waals surface area contributed by atoms with Crippen LogP contribution in [0.4, 0.5) is 0 Å². The zero-order chi connectivity index (χ0) is 11.9. The van der Waals surface area contributed by atoms with Gasteiger partial charge in [-0.15, -0.1) is 0 Å². The van der Waals surface area contributed by atoms with Gasteiger partial charge in [-0.25, -0.2) is 8.42 Å². The topological polar surface area (TPSA) is 54.5 Å². The highest BCUT2D eigenvalue weighted by Gasteiger charge is 2.57. The molecule has 0 N–H and O–H groups in total. The third-order valence-corrected chi connectivity index (χ3v) is 5.57. The van der Waals surface area contributed by atoms with Gasteiger partial charge in [0.2, 0.25) is 5.91 Å². The predicted octanol–water partition coefficient (Wildman–Crippen LogP) is 0.597. The van der Waals surface area contributed by atoms with Gasteiger partial charge in [-0.2, -0.15) is 0 Å². The van der Waals surface area contributed by atoms with E-state index < -0.39 is 14.6 Å². The number of hydrogen-bond acceptors (Lipinski definition) is 3. The minimum atomic E-state index is -3.11. The molecule has 1 aliphatic rings. The van der Waals surface area contributed by atoms with Gasteiger partial charge in [0, 0.05) is 19.3 Å². The van der Waals surface area contributed by atoms with Crippen LogP contribution in [-0.2, 0) is 14.6 Å². The van der Waals surface area contributed by atoms with Gasteiger partial charge in [-0.1, -0.05) is 6.58 Å². The molecule has 0 aromatic heterocycles. The second kappa shape index (κ2) is 3.63. The lowest BCUT2D eigenvalue weighted by Gasteiger charge is -2.30. The van der Waals surface area contributed by atoms with Crippen LogP contribution in [0.25, 0.3) is 0 Å². The maximum Gasteiger partial charge on any atom is 0.245 e. The van der Waals surface area contributed by atoms with Gasteiger partial charge in [-0.3, -0.25) is 4.79 Å². The maximum absolute atomic E-state index is 11.6. The first-order valence-electron chi connectivity index (χ1n) is 4.85. The lowest BCUT2D eigenvalue weighted by Crippen LogP contribution is -2.47. The third kappa shape index (κ3) is 1.93. The number of likely N-dealkylation sites (N-methyl/N-ethyl adjacent to an activating group) is 1. The SMILES string of the molecule is C=CC(=O)N(C)C(C)C1(S(C)(=O)=O)CC1. The van der Waals surface area contributed by atoms with Crippen molar-refractivity contribution >= 4 is 15.7 Å². The summed E-state index contributed by atoms with van der Waals surface area (Å²) in [6.45, 7) is 5.16. The molecule has 0 aliphatic heterocycles. The molecular formula is C10H17NO3S. The van der Waals surface area contributed by atoms with Gasteiger partial charge in [0.25, 0.3) is 0 Å². The summed E-state index contributed by atoms with van der Waals surface area (Å²) >= 11 is 0. The average Bonchev–Trinajstić information content (AvgIpc) is 2.93. The van der Waals surface area contributed by atoms with Crippen molar-refractivity contribution in [3.05, 3.63) is 12.7 Å². The fourth-order valence-electron chi connectivity index (χ4n) is 1.91. The Morgan fingerprint density at radius 1 is 1.53 bits per heavy atom. The Labute approximate surface area is 90.9 Å². The number of carbonyl (C=O) groups is 1. The van der Waals surface area contributed by atoms with Crippen molar-refractivity contribution in [2.45, 2.75) is 30.6 Å². The molecule has 0 radical (unpaired) electrons. The summed E-state index contributed by atoms with van der Waals surface area (Å²) in [5, 5.41) is 0. The second-order valence-electron chi connectivity index (χ2n) is 4.17. The van der Waals surface area contributed by atoms with E-state index in [9.17, 15) is 13.2 Å². The lowest BCUT2D eigenvalue weighted by molar-refractivity contribution is -0.126. The van der Waals surface area contributed by atoms with Gasteiger partial charge >= 0.3 is 0 Å². The normalized spacial score (nSPS) is 20.5. The van der Waals surface area contributed by atoms with Crippen LogP contribution in [0, 0.1) is 0 Å². The molecule has 1 unspecified atom stereocenters. The quantitative estimate of drug-likeness (QED) is 0.666. The van der Waals surface area contributed by atoms with E-state index in [1.165, 1.54) is 17.2 Å². The molecule has 86 valence electrons. The van der Waals surface area contributed by atoms with Gasteiger partial charge in [0.1, 0.15) is 0 Å². The molecule has 1 fully saturated rings. The monoisotopic (exact) mass is 231 g/mol. The number of rotatable bonds is 4. The summed E-state index contributed by atoms with van der Waals surface area (Å²) in [6, 6.07) is -0.294. The zero-order valence-electron chi connectivity index (χ0n) is 9.36. The highest BCUT2D eigenvalue weighted by molar-refractivity contribution is 7.92. The number of sulfone groups is 1. The van der Waals surface area contributed by atoms with Gasteiger partial charge in [-0.05, 0) is 25.8 Å². The fraction of sp³-hybridized carbons (Fsp3) is 0.700. The van der Waals surface area contributed by atoms with Crippen LogP contribution in [0.3, 0.4) is 0 Å². The summed E-state index contributed by atoms with van der Waals surface area (Å²) in [4.78, 5) is 12.8. The van der Waals surface area contributed by atoms with Crippen LogP contribution in [-0.4, -0.2) is 43.3 Å². The summed E-state index contributed by atoms with van der Waals surface area (Å²) in [5.74, 6) is -0.238. The Hall–Kier alpha value is -0.840. The molecule has 0 heterocycles. The maximum atomic E-state index is 11.6. The van der Waals surface area contributed by atoms with Crippen LogP contribution < -0.4 is 0 Å². The molecule has 1 saturated carbocycles. The van der Waals surface area contributed by atoms with E-state index in [0.29, 0.717) is 12.8 Å². The molecule has 0 aromatic rings. The van der Waals surface area contributed by atoms with E-state index in [0.717, 1.165) is 0 Å². The van der Waals surface area contributed by atoms with Gasteiger partial charge in [0.05, 0.1) is 4.75 Å². The number of nitrogens with zero attached hydrogens (tertiary/aromatic N) is 1. The fourth-order valence-corrected chi connectivity index (χ4v) is 3.53. The lowest BCUT2D eigenvalue weighted by atomic mass is 10.2. The molecule has 15 heavy (non-hydrogen) atoms. The van der Waals surface area contributed by atoms with Crippen molar-refractivity contribution in [3.63, 3.8) is 0 Å². The van der Waals surface area contributed by atoms with Crippen LogP contribution in [0.1, 0.15) is 19.8 Å². The van der Waals surface area contributed by atoms with Crippen molar-refractivity contribution < 1.29 is 13.2 Å². The first kappa shape index (κ1) is 12.2. The number of amides is 1. The van der Waals surface area contributed by atoms with Crippen molar-refractivity contribution in [3.8, 4) is 0 Å². The van der Waals surface area contributed by atoms with Gasteiger partial charge in [0.15, 0.2) is 9.84 Å². The standard InChI is InChI=1S/C10H17NO3S/c1-5-9(12)11(3)8(2)10(6-7-10)15(4,13)14/h5,8H,1,6-7H2,2-4H3. The van der Waals surface area contributed by atoms with E-state index in [-0.39, 0.29) is 11.9 Å². The van der Waals surface area contributed by atoms with Gasteiger partial charge < -0.3 is 4.90 Å². The minimum absolute atomic E-state index is 0.238. The molecule has 1 aliphatic carbocycles. The van der Waals surface area contributed by atoms with Crippen LogP contribution in [0.5, 0.6) is 0 Å². The molecular weight excluding hydrogens is 214 g/mol. The smallest absolute Gasteiger partial charge is 0.245 e. The molecule has 1 atom stereocenters. The van der Waals surface area contributed by atoms with E-state index in [1.54, 1.807) is 14.0 Å². The van der Waals surface area contributed by atoms with Crippen molar-refractivity contribution in [1.29, 1.82) is 0 Å². The van der Waals surface area contributed by atoms with E-state index >= 15 is 0 Å². The van der Waals surface area contributed by atoms with Crippen molar-refractivity contribution in [2.75, 3.05) is 13.3 Å². The molecule has 0 saturated heterocycles. The molecule has 1 rings (SSSR count). The summed E-state index contributed by atoms with van der Waals surface area (Å²) < 4.78 is 22.5. The predicted molar refractivity (Wildman–Crippen MR) is 59.2 cm³/mol. The molecule has 5 heteroatoms. The highest BCUT2D eigenvalue weighted by atomic mass is 32.2. The zero-order valence-corrected chi connectivity index (χ0v) is 10.2. The summed E-state index contributed by atoms with van der Waals surface area (Å²) in [6.07, 6.45) is 3.72. The Kier molecular flexibility index (Phi) is 2.96. The number of hydrogen-bond donors (Lipinski definition) is 0. The average molecular weight is 231 g/mol. The van der Waals surface area contributed by atoms with E-state index in [1.807, 2.05) is 0 Å². The van der Waals surface area contributed by atoms with Crippen LogP contribution >= 0.6 is 0 Å². The minimum Gasteiger partial charge on any atom is -0.338 e. The van der Waals surface area contributed by atoms with Crippen LogP contribution in [0.2, 0.25) is 0 Å². The van der Waals surface area contributed by atoms with E-state index in [4.69, 9.17) is 0 Å². The Bertz CT molecular complexity index is 381. The Morgan fingerprint density at radius 2 is 2.00 bits per heavy atom. The Morgan fingerprint density at radius 3 is 2.27 bits per heavy atom. The second-order valence-corrected chi connectivity index (χ2v) is 6.52. The van der Waals surface area contributed by atoms with Crippen LogP contribution in [0.15, 0.2) is 12.7 Å². The number of carbonyl (C=O) groups excluding carboxylic acids is 1. The summed E-state index contributed by atoms with van der Waals surface area (Å²) in [5.41, 5.74) is 0. The first-order chi connectivity index (χ1) is 6.76. The molecule has 0 aromatic carbocycles. The first-order valence-corrected chi connectivity index (χ1v) is 6.74. The van der Waals surface area contributed by atoms with Crippen molar-refractivity contribution in [2.24, 2.45) is 0 Å². The summed E-state index contributed by atoms with van der Waals surface area (Å²) in [7, 11) is -1.49. The molecule has 4 nitrogen and oxygen atoms in total. The molecule has 0 spiro atoms.